The molecule has 1 saturated heterocycles. The van der Waals surface area contributed by atoms with E-state index in [0.717, 1.165) is 31.9 Å². The van der Waals surface area contributed by atoms with Gasteiger partial charge in [0.2, 0.25) is 0 Å². The molecule has 4 aromatic rings. The number of imidazole rings is 1. The van der Waals surface area contributed by atoms with E-state index in [4.69, 9.17) is 0 Å². The number of rotatable bonds is 4. The number of piperazine rings is 1. The molecule has 5 rings (SSSR count). The van der Waals surface area contributed by atoms with Crippen LogP contribution in [0.2, 0.25) is 0 Å². The number of anilines is 2. The van der Waals surface area contributed by atoms with Crippen molar-refractivity contribution in [3.05, 3.63) is 58.5 Å². The quantitative estimate of drug-likeness (QED) is 0.452. The molecule has 0 unspecified atom stereocenters. The molecule has 0 atom stereocenters. The lowest BCUT2D eigenvalue weighted by molar-refractivity contribution is 0.102. The molecular weight excluding hydrogens is 404 g/mol. The number of hydrogen-bond acceptors (Lipinski definition) is 8. The molecule has 4 aromatic heterocycles. The van der Waals surface area contributed by atoms with Crippen molar-refractivity contribution in [1.82, 2.24) is 29.8 Å². The number of carbonyl (C=O) groups is 1. The fraction of sp³-hybridized carbons (Fsp3) is 0.211. The predicted molar refractivity (Wildman–Crippen MR) is 115 cm³/mol. The van der Waals surface area contributed by atoms with Crippen LogP contribution in [0.5, 0.6) is 0 Å². The molecule has 30 heavy (non-hydrogen) atoms. The molecule has 0 saturated carbocycles. The second-order valence-corrected chi connectivity index (χ2v) is 7.59. The molecular formula is C19H18N8O2S. The number of carbonyl (C=O) groups excluding carboxylic acids is 1. The van der Waals surface area contributed by atoms with E-state index in [2.05, 4.69) is 35.5 Å². The smallest absolute Gasteiger partial charge is 0.332 e. The summed E-state index contributed by atoms with van der Waals surface area (Å²) in [6.45, 7) is 3.48. The number of aromatic amines is 1. The minimum atomic E-state index is -0.351. The van der Waals surface area contributed by atoms with Crippen LogP contribution in [0.25, 0.3) is 16.2 Å². The molecule has 5 heterocycles. The number of H-pyrrole nitrogens is 1. The Labute approximate surface area is 174 Å². The van der Waals surface area contributed by atoms with E-state index in [-0.39, 0.29) is 17.3 Å². The first kappa shape index (κ1) is 18.5. The van der Waals surface area contributed by atoms with E-state index >= 15 is 0 Å². The van der Waals surface area contributed by atoms with Crippen LogP contribution in [0.15, 0.2) is 47.1 Å². The maximum Gasteiger partial charge on any atom is 0.332 e. The molecule has 152 valence electrons. The van der Waals surface area contributed by atoms with Gasteiger partial charge < -0.3 is 20.5 Å². The summed E-state index contributed by atoms with van der Waals surface area (Å²) in [7, 11) is 0. The number of amides is 1. The van der Waals surface area contributed by atoms with Crippen LogP contribution in [0.3, 0.4) is 0 Å². The summed E-state index contributed by atoms with van der Waals surface area (Å²) in [5.41, 5.74) is 2.74. The predicted octanol–water partition coefficient (Wildman–Crippen LogP) is 1.23. The monoisotopic (exact) mass is 422 g/mol. The Morgan fingerprint density at radius 1 is 1.13 bits per heavy atom. The topological polar surface area (TPSA) is 121 Å². The van der Waals surface area contributed by atoms with Gasteiger partial charge in [0.25, 0.3) is 5.91 Å². The van der Waals surface area contributed by atoms with Gasteiger partial charge in [-0.25, -0.2) is 14.3 Å². The third-order valence-electron chi connectivity index (χ3n) is 4.90. The Hall–Kier alpha value is -3.57. The number of aromatic nitrogens is 5. The molecule has 0 spiro atoms. The first-order valence-corrected chi connectivity index (χ1v) is 10.3. The minimum Gasteiger partial charge on any atom is -0.367 e. The van der Waals surface area contributed by atoms with E-state index in [9.17, 15) is 9.59 Å². The Morgan fingerprint density at radius 2 is 1.93 bits per heavy atom. The van der Waals surface area contributed by atoms with Gasteiger partial charge in [0, 0.05) is 44.0 Å². The maximum absolute atomic E-state index is 12.8. The number of pyridine rings is 2. The highest BCUT2D eigenvalue weighted by Crippen LogP contribution is 2.26. The van der Waals surface area contributed by atoms with E-state index in [0.29, 0.717) is 21.9 Å². The molecule has 1 amide bonds. The van der Waals surface area contributed by atoms with Crippen molar-refractivity contribution in [2.75, 3.05) is 36.4 Å². The van der Waals surface area contributed by atoms with Crippen molar-refractivity contribution in [2.24, 2.45) is 0 Å². The Morgan fingerprint density at radius 3 is 2.80 bits per heavy atom. The van der Waals surface area contributed by atoms with Crippen molar-refractivity contribution in [3.8, 4) is 5.13 Å². The summed E-state index contributed by atoms with van der Waals surface area (Å²) in [5, 5.41) is 8.28. The van der Waals surface area contributed by atoms with E-state index < -0.39 is 0 Å². The van der Waals surface area contributed by atoms with Crippen molar-refractivity contribution in [3.63, 3.8) is 0 Å². The summed E-state index contributed by atoms with van der Waals surface area (Å²) in [6, 6.07) is 3.62. The highest BCUT2D eigenvalue weighted by molar-refractivity contribution is 7.12. The Bertz CT molecular complexity index is 1270. The fourth-order valence-electron chi connectivity index (χ4n) is 3.47. The summed E-state index contributed by atoms with van der Waals surface area (Å²) in [4.78, 5) is 42.7. The van der Waals surface area contributed by atoms with Crippen molar-refractivity contribution < 1.29 is 4.79 Å². The lowest BCUT2D eigenvalue weighted by atomic mass is 10.2. The normalized spacial score (nSPS) is 14.2. The van der Waals surface area contributed by atoms with Gasteiger partial charge in [0.1, 0.15) is 5.69 Å². The summed E-state index contributed by atoms with van der Waals surface area (Å²) < 4.78 is 1.44. The molecule has 1 fully saturated rings. The standard InChI is InChI=1S/C19H18N8O2S/c28-17(23-12-9-21-3-1-15(12)26-7-5-20-6-8-26)14-11-30-19(25-14)27-16-2-4-22-10-13(16)24-18(27)29/h1-4,9-11,20H,5-8H2,(H,23,28)(H,24,29). The lowest BCUT2D eigenvalue weighted by Crippen LogP contribution is -2.43. The third-order valence-corrected chi connectivity index (χ3v) is 5.73. The average molecular weight is 422 g/mol. The highest BCUT2D eigenvalue weighted by Gasteiger charge is 2.19. The van der Waals surface area contributed by atoms with Crippen molar-refractivity contribution >= 4 is 39.7 Å². The molecule has 1 aliphatic heterocycles. The summed E-state index contributed by atoms with van der Waals surface area (Å²) in [5.74, 6) is -0.351. The molecule has 3 N–H and O–H groups in total. The fourth-order valence-corrected chi connectivity index (χ4v) is 4.29. The third kappa shape index (κ3) is 3.33. The van der Waals surface area contributed by atoms with Gasteiger partial charge in [-0.15, -0.1) is 11.3 Å². The van der Waals surface area contributed by atoms with Crippen LogP contribution in [0.1, 0.15) is 10.5 Å². The van der Waals surface area contributed by atoms with Gasteiger partial charge in [-0.1, -0.05) is 0 Å². The zero-order valence-corrected chi connectivity index (χ0v) is 16.6. The van der Waals surface area contributed by atoms with Gasteiger partial charge in [-0.3, -0.25) is 14.8 Å². The van der Waals surface area contributed by atoms with Crippen LogP contribution in [0, 0.1) is 0 Å². The SMILES string of the molecule is O=C(Nc1cnccc1N1CCNCC1)c1csc(-n2c(=O)[nH]c3cnccc32)n1. The van der Waals surface area contributed by atoms with Crippen LogP contribution in [0.4, 0.5) is 11.4 Å². The number of nitrogens with one attached hydrogen (secondary N) is 3. The molecule has 0 aromatic carbocycles. The molecule has 0 radical (unpaired) electrons. The Kier molecular flexibility index (Phi) is 4.73. The molecule has 10 nitrogen and oxygen atoms in total. The molecule has 0 bridgehead atoms. The van der Waals surface area contributed by atoms with Gasteiger partial charge in [-0.05, 0) is 12.1 Å². The Balaban J connectivity index is 1.42. The first-order chi connectivity index (χ1) is 14.7. The zero-order valence-electron chi connectivity index (χ0n) is 15.8. The number of hydrogen-bond donors (Lipinski definition) is 3. The molecule has 0 aliphatic carbocycles. The molecule has 11 heteroatoms. The van der Waals surface area contributed by atoms with Gasteiger partial charge in [0.15, 0.2) is 5.13 Å². The second kappa shape index (κ2) is 7.69. The van der Waals surface area contributed by atoms with E-state index in [1.165, 1.54) is 15.9 Å². The van der Waals surface area contributed by atoms with Crippen molar-refractivity contribution in [1.29, 1.82) is 0 Å². The first-order valence-electron chi connectivity index (χ1n) is 9.42. The van der Waals surface area contributed by atoms with Gasteiger partial charge in [-0.2, -0.15) is 0 Å². The number of nitrogens with zero attached hydrogens (tertiary/aromatic N) is 5. The van der Waals surface area contributed by atoms with E-state index in [1.807, 2.05) is 6.07 Å². The average Bonchev–Trinajstić information content (AvgIpc) is 3.38. The van der Waals surface area contributed by atoms with Gasteiger partial charge >= 0.3 is 5.69 Å². The van der Waals surface area contributed by atoms with Crippen LogP contribution < -0.4 is 21.2 Å². The van der Waals surface area contributed by atoms with Crippen molar-refractivity contribution in [2.45, 2.75) is 0 Å². The largest absolute Gasteiger partial charge is 0.367 e. The highest BCUT2D eigenvalue weighted by atomic mass is 32.1. The molecule has 1 aliphatic rings. The summed E-state index contributed by atoms with van der Waals surface area (Å²) in [6.07, 6.45) is 6.54. The second-order valence-electron chi connectivity index (χ2n) is 6.76. The number of fused-ring (bicyclic) bond motifs is 1. The maximum atomic E-state index is 12.8. The van der Waals surface area contributed by atoms with Gasteiger partial charge in [0.05, 0.1) is 34.8 Å². The van der Waals surface area contributed by atoms with Crippen LogP contribution in [-0.4, -0.2) is 56.6 Å². The summed E-state index contributed by atoms with van der Waals surface area (Å²) >= 11 is 1.22. The van der Waals surface area contributed by atoms with Crippen LogP contribution >= 0.6 is 11.3 Å². The number of thiazole rings is 1. The minimum absolute atomic E-state index is 0.237. The van der Waals surface area contributed by atoms with E-state index in [1.54, 1.807) is 36.2 Å². The van der Waals surface area contributed by atoms with Crippen LogP contribution in [-0.2, 0) is 0 Å². The zero-order chi connectivity index (χ0) is 20.5. The lowest BCUT2D eigenvalue weighted by Gasteiger charge is -2.30.